The van der Waals surface area contributed by atoms with Crippen molar-refractivity contribution >= 4 is 17.7 Å². The van der Waals surface area contributed by atoms with Gasteiger partial charge in [-0.1, -0.05) is 19.1 Å². The molecule has 4 unspecified atom stereocenters. The fourth-order valence-corrected chi connectivity index (χ4v) is 4.35. The van der Waals surface area contributed by atoms with Crippen molar-refractivity contribution in [2.75, 3.05) is 0 Å². The van der Waals surface area contributed by atoms with E-state index in [0.717, 1.165) is 11.1 Å². The van der Waals surface area contributed by atoms with Gasteiger partial charge in [-0.25, -0.2) is 4.79 Å². The summed E-state index contributed by atoms with van der Waals surface area (Å²) < 4.78 is 11.4. The molecule has 0 aromatic heterocycles. The highest BCUT2D eigenvalue weighted by atomic mass is 16.6. The van der Waals surface area contributed by atoms with Crippen molar-refractivity contribution in [2.24, 2.45) is 17.8 Å². The van der Waals surface area contributed by atoms with Gasteiger partial charge in [0.25, 0.3) is 0 Å². The fraction of sp³-hybridized carbons (Fsp3) is 0.667. The Labute approximate surface area is 155 Å². The van der Waals surface area contributed by atoms with Crippen LogP contribution < -0.4 is 0 Å². The van der Waals surface area contributed by atoms with E-state index in [4.69, 9.17) is 9.47 Å². The molecule has 0 spiro atoms. The minimum Gasteiger partial charge on any atom is -0.459 e. The largest absolute Gasteiger partial charge is 0.459 e. The molecule has 5 heteroatoms. The van der Waals surface area contributed by atoms with Crippen LogP contribution in [0.2, 0.25) is 0 Å². The summed E-state index contributed by atoms with van der Waals surface area (Å²) in [6.07, 6.45) is 1.33. The van der Waals surface area contributed by atoms with Crippen molar-refractivity contribution in [3.63, 3.8) is 0 Å². The molecule has 0 bridgehead atoms. The molecule has 0 aliphatic heterocycles. The van der Waals surface area contributed by atoms with Gasteiger partial charge in [0.2, 0.25) is 0 Å². The smallest absolute Gasteiger partial charge is 0.333 e. The van der Waals surface area contributed by atoms with E-state index in [1.165, 1.54) is 6.92 Å². The number of esters is 2. The van der Waals surface area contributed by atoms with Gasteiger partial charge in [0.05, 0.1) is 0 Å². The fourth-order valence-electron chi connectivity index (χ4n) is 4.35. The van der Waals surface area contributed by atoms with Crippen molar-refractivity contribution in [2.45, 2.75) is 72.5 Å². The normalized spacial score (nSPS) is 29.1. The topological polar surface area (TPSA) is 69.7 Å². The average molecular weight is 362 g/mol. The van der Waals surface area contributed by atoms with Crippen LogP contribution in [0.4, 0.5) is 0 Å². The minimum atomic E-state index is -0.820. The van der Waals surface area contributed by atoms with Crippen LogP contribution in [0.1, 0.15) is 60.8 Å². The van der Waals surface area contributed by atoms with E-state index in [1.807, 2.05) is 20.8 Å². The van der Waals surface area contributed by atoms with Crippen LogP contribution >= 0.6 is 0 Å². The molecular formula is C21H30O5. The van der Waals surface area contributed by atoms with Crippen LogP contribution in [0.3, 0.4) is 0 Å². The molecule has 26 heavy (non-hydrogen) atoms. The number of fused-ring (bicyclic) bond motifs is 1. The SMILES string of the molecule is C=C(C)C(=O)OC1CC(C)C2CC(=O)C(C)=C2CC1C(C)(C)OC(C)=O. The van der Waals surface area contributed by atoms with Crippen LogP contribution in [0.25, 0.3) is 0 Å². The second kappa shape index (κ2) is 7.37. The Hall–Kier alpha value is -1.91. The van der Waals surface area contributed by atoms with Crippen LogP contribution in [0.5, 0.6) is 0 Å². The summed E-state index contributed by atoms with van der Waals surface area (Å²) in [5.41, 5.74) is 1.47. The average Bonchev–Trinajstić information content (AvgIpc) is 2.69. The van der Waals surface area contributed by atoms with E-state index in [2.05, 4.69) is 13.5 Å². The highest BCUT2D eigenvalue weighted by Gasteiger charge is 2.47. The van der Waals surface area contributed by atoms with Crippen LogP contribution in [0.15, 0.2) is 23.3 Å². The molecule has 0 heterocycles. The lowest BCUT2D eigenvalue weighted by Crippen LogP contribution is -2.44. The first kappa shape index (κ1) is 20.4. The molecule has 0 saturated heterocycles. The molecule has 1 fully saturated rings. The maximum absolute atomic E-state index is 12.2. The number of carbonyl (C=O) groups is 3. The third-order valence-corrected chi connectivity index (χ3v) is 5.84. The highest BCUT2D eigenvalue weighted by Crippen LogP contribution is 2.47. The van der Waals surface area contributed by atoms with Gasteiger partial charge in [0, 0.05) is 24.8 Å². The molecule has 0 aromatic carbocycles. The lowest BCUT2D eigenvalue weighted by Gasteiger charge is -2.38. The van der Waals surface area contributed by atoms with Gasteiger partial charge in [-0.05, 0) is 57.9 Å². The number of ketones is 1. The highest BCUT2D eigenvalue weighted by molar-refractivity contribution is 5.98. The van der Waals surface area contributed by atoms with E-state index in [1.54, 1.807) is 6.92 Å². The van der Waals surface area contributed by atoms with Crippen LogP contribution in [-0.4, -0.2) is 29.4 Å². The van der Waals surface area contributed by atoms with Crippen molar-refractivity contribution in [3.8, 4) is 0 Å². The van der Waals surface area contributed by atoms with Gasteiger partial charge in [0.15, 0.2) is 5.78 Å². The van der Waals surface area contributed by atoms with Gasteiger partial charge in [-0.3, -0.25) is 9.59 Å². The van der Waals surface area contributed by atoms with E-state index >= 15 is 0 Å². The van der Waals surface area contributed by atoms with E-state index < -0.39 is 17.7 Å². The first-order valence-corrected chi connectivity index (χ1v) is 9.23. The summed E-state index contributed by atoms with van der Waals surface area (Å²) in [6, 6.07) is 0. The standard InChI is InChI=1S/C21H30O5/c1-11(2)20(24)25-19-8-12(3)15-10-18(23)13(4)16(15)9-17(19)21(6,7)26-14(5)22/h12,15,17,19H,1,8-10H2,2-7H3. The van der Waals surface area contributed by atoms with Crippen LogP contribution in [-0.2, 0) is 23.9 Å². The van der Waals surface area contributed by atoms with Crippen molar-refractivity contribution in [3.05, 3.63) is 23.3 Å². The number of carbonyl (C=O) groups excluding carboxylic acids is 3. The van der Waals surface area contributed by atoms with Crippen LogP contribution in [0, 0.1) is 17.8 Å². The maximum Gasteiger partial charge on any atom is 0.333 e. The summed E-state index contributed by atoms with van der Waals surface area (Å²) in [4.78, 5) is 36.1. The summed E-state index contributed by atoms with van der Waals surface area (Å²) in [5.74, 6) is -0.461. The Morgan fingerprint density at radius 2 is 1.81 bits per heavy atom. The lowest BCUT2D eigenvalue weighted by molar-refractivity contribution is -0.170. The molecule has 0 radical (unpaired) electrons. The van der Waals surface area contributed by atoms with Gasteiger partial charge in [-0.15, -0.1) is 0 Å². The molecule has 0 N–H and O–H groups in total. The Balaban J connectivity index is 2.44. The third-order valence-electron chi connectivity index (χ3n) is 5.84. The van der Waals surface area contributed by atoms with E-state index in [0.29, 0.717) is 24.8 Å². The quantitative estimate of drug-likeness (QED) is 0.562. The summed E-state index contributed by atoms with van der Waals surface area (Å²) in [7, 11) is 0. The van der Waals surface area contributed by atoms with E-state index in [9.17, 15) is 14.4 Å². The van der Waals surface area contributed by atoms with Crippen molar-refractivity contribution < 1.29 is 23.9 Å². The molecule has 1 saturated carbocycles. The molecule has 2 aliphatic carbocycles. The number of Topliss-reactive ketones (excluding diaryl/α,β-unsaturated/α-hetero) is 1. The summed E-state index contributed by atoms with van der Waals surface area (Å²) in [5, 5.41) is 0. The summed E-state index contributed by atoms with van der Waals surface area (Å²) >= 11 is 0. The predicted molar refractivity (Wildman–Crippen MR) is 98.2 cm³/mol. The zero-order valence-corrected chi connectivity index (χ0v) is 16.7. The van der Waals surface area contributed by atoms with E-state index in [-0.39, 0.29) is 29.5 Å². The molecule has 2 rings (SSSR count). The lowest BCUT2D eigenvalue weighted by atomic mass is 9.80. The van der Waals surface area contributed by atoms with Gasteiger partial charge >= 0.3 is 11.9 Å². The Morgan fingerprint density at radius 1 is 1.19 bits per heavy atom. The Kier molecular flexibility index (Phi) is 5.79. The van der Waals surface area contributed by atoms with Gasteiger partial charge < -0.3 is 9.47 Å². The molecule has 0 aromatic rings. The molecule has 2 aliphatic rings. The zero-order valence-electron chi connectivity index (χ0n) is 16.7. The number of hydrogen-bond acceptors (Lipinski definition) is 5. The molecular weight excluding hydrogens is 332 g/mol. The van der Waals surface area contributed by atoms with Gasteiger partial charge in [0.1, 0.15) is 11.7 Å². The molecule has 0 amide bonds. The second-order valence-electron chi connectivity index (χ2n) is 8.33. The Bertz CT molecular complexity index is 670. The first-order chi connectivity index (χ1) is 11.9. The zero-order chi connectivity index (χ0) is 19.8. The monoisotopic (exact) mass is 362 g/mol. The third kappa shape index (κ3) is 4.08. The molecule has 5 nitrogen and oxygen atoms in total. The minimum absolute atomic E-state index is 0.173. The number of allylic oxidation sites excluding steroid dienone is 2. The Morgan fingerprint density at radius 3 is 2.35 bits per heavy atom. The predicted octanol–water partition coefficient (Wildman–Crippen LogP) is 3.77. The second-order valence-corrected chi connectivity index (χ2v) is 8.33. The summed E-state index contributed by atoms with van der Waals surface area (Å²) in [6.45, 7) is 14.3. The van der Waals surface area contributed by atoms with Crippen molar-refractivity contribution in [1.29, 1.82) is 0 Å². The maximum atomic E-state index is 12.2. The molecule has 4 atom stereocenters. The van der Waals surface area contributed by atoms with Crippen molar-refractivity contribution in [1.82, 2.24) is 0 Å². The first-order valence-electron chi connectivity index (χ1n) is 9.23. The number of ether oxygens (including phenoxy) is 2. The molecule has 144 valence electrons. The number of hydrogen-bond donors (Lipinski definition) is 0. The number of rotatable bonds is 4. The van der Waals surface area contributed by atoms with Gasteiger partial charge in [-0.2, -0.15) is 0 Å².